The maximum Gasteiger partial charge on any atom is 0.418 e. The summed E-state index contributed by atoms with van der Waals surface area (Å²) >= 11 is 0. The minimum atomic E-state index is -4.67. The maximum atomic E-state index is 13.8. The first-order chi connectivity index (χ1) is 16.7. The van der Waals surface area contributed by atoms with Gasteiger partial charge in [0.1, 0.15) is 17.9 Å². The van der Waals surface area contributed by atoms with Gasteiger partial charge in [-0.3, -0.25) is 4.72 Å². The topological polar surface area (TPSA) is 92.3 Å². The number of rotatable bonds is 2. The SMILES string of the molecule is O=CCN1CCCCCc2ccccc2-c2nc(ccc2C(F)(F)F)NS(=O)(=O)c2cccc1n2. The second-order valence-electron chi connectivity index (χ2n) is 8.11. The van der Waals surface area contributed by atoms with Gasteiger partial charge in [0.25, 0.3) is 10.0 Å². The summed E-state index contributed by atoms with van der Waals surface area (Å²) in [6.07, 6.45) is -1.27. The summed E-state index contributed by atoms with van der Waals surface area (Å²) < 4.78 is 69.8. The third kappa shape index (κ3) is 5.61. The van der Waals surface area contributed by atoms with Crippen molar-refractivity contribution < 1.29 is 26.4 Å². The number of sulfonamides is 1. The van der Waals surface area contributed by atoms with E-state index in [0.29, 0.717) is 42.8 Å². The third-order valence-corrected chi connectivity index (χ3v) is 6.95. The summed E-state index contributed by atoms with van der Waals surface area (Å²) in [5.41, 5.74) is -0.289. The summed E-state index contributed by atoms with van der Waals surface area (Å²) in [6, 6.07) is 12.9. The van der Waals surface area contributed by atoms with Crippen molar-refractivity contribution in [1.82, 2.24) is 9.97 Å². The number of alkyl halides is 3. The van der Waals surface area contributed by atoms with Gasteiger partial charge in [-0.15, -0.1) is 0 Å². The number of aldehydes is 1. The maximum absolute atomic E-state index is 13.8. The van der Waals surface area contributed by atoms with Gasteiger partial charge < -0.3 is 9.69 Å². The van der Waals surface area contributed by atoms with Gasteiger partial charge in [-0.1, -0.05) is 36.8 Å². The van der Waals surface area contributed by atoms with Crippen LogP contribution in [0.4, 0.5) is 24.8 Å². The summed E-state index contributed by atoms with van der Waals surface area (Å²) in [6.45, 7) is 0.528. The van der Waals surface area contributed by atoms with Gasteiger partial charge in [0.15, 0.2) is 5.03 Å². The van der Waals surface area contributed by atoms with Crippen LogP contribution in [-0.4, -0.2) is 37.8 Å². The van der Waals surface area contributed by atoms with E-state index in [1.165, 1.54) is 12.1 Å². The predicted molar refractivity (Wildman–Crippen MR) is 126 cm³/mol. The highest BCUT2D eigenvalue weighted by Gasteiger charge is 2.35. The van der Waals surface area contributed by atoms with Crippen LogP contribution in [0.3, 0.4) is 0 Å². The molecule has 0 fully saturated rings. The molecule has 1 aromatic carbocycles. The van der Waals surface area contributed by atoms with E-state index in [4.69, 9.17) is 0 Å². The quantitative estimate of drug-likeness (QED) is 0.509. The first-order valence-electron chi connectivity index (χ1n) is 11.0. The Bertz CT molecular complexity index is 1330. The lowest BCUT2D eigenvalue weighted by Crippen LogP contribution is -2.28. The number of halogens is 3. The molecule has 4 rings (SSSR count). The number of benzene rings is 1. The van der Waals surface area contributed by atoms with Crippen LogP contribution < -0.4 is 9.62 Å². The number of carbonyl (C=O) groups excluding carboxylic acids is 1. The second kappa shape index (κ2) is 10.0. The first kappa shape index (κ1) is 24.6. The van der Waals surface area contributed by atoms with Crippen LogP contribution in [0.1, 0.15) is 30.4 Å². The number of anilines is 2. The smallest absolute Gasteiger partial charge is 0.350 e. The molecule has 11 heteroatoms. The number of fused-ring (bicyclic) bond motifs is 6. The van der Waals surface area contributed by atoms with Crippen LogP contribution in [-0.2, 0) is 27.4 Å². The van der Waals surface area contributed by atoms with E-state index in [0.717, 1.165) is 24.8 Å². The first-order valence-corrected chi connectivity index (χ1v) is 12.5. The van der Waals surface area contributed by atoms with E-state index in [1.54, 1.807) is 35.2 Å². The van der Waals surface area contributed by atoms with Crippen molar-refractivity contribution in [2.45, 2.75) is 36.9 Å². The number of carbonyl (C=O) groups is 1. The van der Waals surface area contributed by atoms with Gasteiger partial charge >= 0.3 is 6.18 Å². The molecule has 1 aliphatic rings. The Morgan fingerprint density at radius 1 is 0.971 bits per heavy atom. The van der Waals surface area contributed by atoms with Crippen molar-refractivity contribution in [3.63, 3.8) is 0 Å². The molecular formula is C24H23F3N4O3S. The third-order valence-electron chi connectivity index (χ3n) is 5.69. The normalized spacial score (nSPS) is 16.1. The minimum Gasteiger partial charge on any atom is -0.350 e. The average molecular weight is 505 g/mol. The molecule has 0 saturated carbocycles. The van der Waals surface area contributed by atoms with E-state index in [9.17, 15) is 26.4 Å². The van der Waals surface area contributed by atoms with Crippen LogP contribution >= 0.6 is 0 Å². The van der Waals surface area contributed by atoms with Crippen molar-refractivity contribution in [3.05, 3.63) is 65.7 Å². The van der Waals surface area contributed by atoms with Gasteiger partial charge in [-0.2, -0.15) is 21.6 Å². The highest BCUT2D eigenvalue weighted by atomic mass is 32.2. The lowest BCUT2D eigenvalue weighted by Gasteiger charge is -2.22. The number of hydrogen-bond donors (Lipinski definition) is 1. The fourth-order valence-corrected chi connectivity index (χ4v) is 4.99. The summed E-state index contributed by atoms with van der Waals surface area (Å²) in [7, 11) is -4.27. The molecule has 0 spiro atoms. The molecule has 0 unspecified atom stereocenters. The van der Waals surface area contributed by atoms with Gasteiger partial charge in [-0.25, -0.2) is 9.97 Å². The molecule has 3 aromatic rings. The molecule has 0 saturated heterocycles. The second-order valence-corrected chi connectivity index (χ2v) is 9.74. The number of nitrogens with one attached hydrogen (secondary N) is 1. The Labute approximate surface area is 201 Å². The number of nitrogens with zero attached hydrogens (tertiary/aromatic N) is 3. The van der Waals surface area contributed by atoms with Crippen molar-refractivity contribution in [2.75, 3.05) is 22.7 Å². The summed E-state index contributed by atoms with van der Waals surface area (Å²) in [5.74, 6) is 0.0605. The van der Waals surface area contributed by atoms with Gasteiger partial charge in [0.2, 0.25) is 0 Å². The standard InChI is InChI=1S/C24H23F3N4O3S/c25-24(26,27)19-12-13-20-28-23(19)18-9-4-3-8-17(18)7-2-1-5-14-31(15-16-32)21-10-6-11-22(29-21)35(33,34)30-20/h3-4,6,8-13,16H,1-2,5,7,14-15H2,(H,28,30). The molecule has 0 amide bonds. The number of aromatic nitrogens is 2. The zero-order valence-electron chi connectivity index (χ0n) is 18.6. The molecule has 7 nitrogen and oxygen atoms in total. The van der Waals surface area contributed by atoms with E-state index in [1.807, 2.05) is 0 Å². The van der Waals surface area contributed by atoms with Crippen LogP contribution in [0.2, 0.25) is 0 Å². The zero-order chi connectivity index (χ0) is 25.1. The Balaban J connectivity index is 1.86. The molecule has 184 valence electrons. The fraction of sp³-hybridized carbons (Fsp3) is 0.292. The van der Waals surface area contributed by atoms with Crippen LogP contribution in [0.5, 0.6) is 0 Å². The number of hydrogen-bond acceptors (Lipinski definition) is 6. The predicted octanol–water partition coefficient (Wildman–Crippen LogP) is 4.69. The molecule has 0 radical (unpaired) electrons. The molecule has 1 N–H and O–H groups in total. The molecule has 4 bridgehead atoms. The fourth-order valence-electron chi connectivity index (χ4n) is 4.02. The van der Waals surface area contributed by atoms with Crippen LogP contribution in [0.15, 0.2) is 59.6 Å². The minimum absolute atomic E-state index is 0.0522. The molecular weight excluding hydrogens is 481 g/mol. The van der Waals surface area contributed by atoms with E-state index < -0.39 is 21.8 Å². The zero-order valence-corrected chi connectivity index (χ0v) is 19.4. The largest absolute Gasteiger partial charge is 0.418 e. The van der Waals surface area contributed by atoms with Gasteiger partial charge in [0, 0.05) is 12.1 Å². The van der Waals surface area contributed by atoms with Crippen molar-refractivity contribution in [3.8, 4) is 11.3 Å². The molecule has 35 heavy (non-hydrogen) atoms. The summed E-state index contributed by atoms with van der Waals surface area (Å²) in [5, 5.41) is -0.332. The average Bonchev–Trinajstić information content (AvgIpc) is 2.82. The summed E-state index contributed by atoms with van der Waals surface area (Å²) in [4.78, 5) is 21.2. The van der Waals surface area contributed by atoms with Gasteiger partial charge in [0.05, 0.1) is 17.8 Å². The molecule has 0 atom stereocenters. The van der Waals surface area contributed by atoms with E-state index >= 15 is 0 Å². The van der Waals surface area contributed by atoms with E-state index in [2.05, 4.69) is 14.7 Å². The Morgan fingerprint density at radius 2 is 1.77 bits per heavy atom. The van der Waals surface area contributed by atoms with Crippen molar-refractivity contribution in [1.29, 1.82) is 0 Å². The number of aryl methyl sites for hydroxylation is 1. The Hall–Kier alpha value is -3.47. The molecule has 0 aliphatic carbocycles. The lowest BCUT2D eigenvalue weighted by atomic mass is 9.96. The monoisotopic (exact) mass is 504 g/mol. The Morgan fingerprint density at radius 3 is 2.54 bits per heavy atom. The van der Waals surface area contributed by atoms with Gasteiger partial charge in [-0.05, 0) is 49.1 Å². The Kier molecular flexibility index (Phi) is 7.06. The van der Waals surface area contributed by atoms with Crippen LogP contribution in [0.25, 0.3) is 11.3 Å². The highest BCUT2D eigenvalue weighted by molar-refractivity contribution is 7.92. The van der Waals surface area contributed by atoms with Crippen molar-refractivity contribution in [2.24, 2.45) is 0 Å². The highest BCUT2D eigenvalue weighted by Crippen LogP contribution is 2.38. The van der Waals surface area contributed by atoms with Crippen LogP contribution in [0, 0.1) is 0 Å². The van der Waals surface area contributed by atoms with Crippen molar-refractivity contribution >= 4 is 27.9 Å². The molecule has 2 aromatic heterocycles. The van der Waals surface area contributed by atoms with E-state index in [-0.39, 0.29) is 23.1 Å². The molecule has 1 aliphatic heterocycles. The number of pyridine rings is 2. The molecule has 3 heterocycles. The lowest BCUT2D eigenvalue weighted by molar-refractivity contribution is -0.137.